The van der Waals surface area contributed by atoms with Gasteiger partial charge < -0.3 is 20.3 Å². The lowest BCUT2D eigenvalue weighted by Crippen LogP contribution is -2.50. The van der Waals surface area contributed by atoms with Crippen LogP contribution in [0.1, 0.15) is 6.92 Å². The van der Waals surface area contributed by atoms with Crippen molar-refractivity contribution in [1.29, 1.82) is 0 Å². The summed E-state index contributed by atoms with van der Waals surface area (Å²) in [4.78, 5) is 12.6. The molecule has 1 unspecified atom stereocenters. The van der Waals surface area contributed by atoms with Crippen molar-refractivity contribution in [1.82, 2.24) is 10.2 Å². The Morgan fingerprint density at radius 1 is 1.71 bits per heavy atom. The van der Waals surface area contributed by atoms with Crippen molar-refractivity contribution in [2.75, 3.05) is 13.2 Å². The van der Waals surface area contributed by atoms with Crippen molar-refractivity contribution in [3.63, 3.8) is 0 Å². The lowest BCUT2D eigenvalue weighted by Gasteiger charge is -2.30. The molecule has 0 saturated carbocycles. The van der Waals surface area contributed by atoms with Gasteiger partial charge in [-0.2, -0.15) is 0 Å². The molecule has 0 bridgehead atoms. The van der Waals surface area contributed by atoms with Gasteiger partial charge in [-0.25, -0.2) is 9.18 Å². The third kappa shape index (κ3) is 2.13. The monoisotopic (exact) mass is 246 g/mol. The van der Waals surface area contributed by atoms with Crippen molar-refractivity contribution in [2.24, 2.45) is 0 Å². The molecule has 3 N–H and O–H groups in total. The Morgan fingerprint density at radius 2 is 2.41 bits per heavy atom. The molecule has 2 aliphatic rings. The molecule has 0 radical (unpaired) electrons. The van der Waals surface area contributed by atoms with Crippen LogP contribution in [0.15, 0.2) is 11.8 Å². The molecule has 2 amide bonds. The lowest BCUT2D eigenvalue weighted by atomic mass is 10.1. The number of hydrogen-bond acceptors (Lipinski definition) is 4. The predicted octanol–water partition coefficient (Wildman–Crippen LogP) is -0.668. The molecule has 1 fully saturated rings. The molecule has 2 aliphatic heterocycles. The number of hydrogen-bond donors (Lipinski definition) is 3. The van der Waals surface area contributed by atoms with Gasteiger partial charge >= 0.3 is 6.03 Å². The van der Waals surface area contributed by atoms with Crippen LogP contribution < -0.4 is 5.32 Å². The SMILES string of the molecule is CC1=CN([C@H]2O[C@@H](CO)[C@H](O)C2F)C(=O)NC1. The number of carbonyl (C=O) groups is 1. The van der Waals surface area contributed by atoms with Gasteiger partial charge in [0.05, 0.1) is 6.61 Å². The van der Waals surface area contributed by atoms with Crippen molar-refractivity contribution >= 4 is 6.03 Å². The van der Waals surface area contributed by atoms with Crippen molar-refractivity contribution in [3.8, 4) is 0 Å². The Hall–Kier alpha value is -1.18. The Labute approximate surface area is 97.7 Å². The second-order valence-electron chi connectivity index (χ2n) is 4.22. The van der Waals surface area contributed by atoms with E-state index in [1.165, 1.54) is 6.20 Å². The molecular formula is C10H15FN2O4. The molecule has 0 aliphatic carbocycles. The summed E-state index contributed by atoms with van der Waals surface area (Å²) >= 11 is 0. The van der Waals surface area contributed by atoms with Crippen molar-refractivity contribution in [2.45, 2.75) is 31.5 Å². The Balaban J connectivity index is 2.17. The summed E-state index contributed by atoms with van der Waals surface area (Å²) in [5.41, 5.74) is 0.849. The van der Waals surface area contributed by atoms with E-state index in [1.54, 1.807) is 6.92 Å². The molecule has 4 atom stereocenters. The maximum atomic E-state index is 13.8. The lowest BCUT2D eigenvalue weighted by molar-refractivity contribution is -0.0587. The van der Waals surface area contributed by atoms with Gasteiger partial charge in [0, 0.05) is 12.7 Å². The van der Waals surface area contributed by atoms with E-state index in [1.807, 2.05) is 0 Å². The number of halogens is 1. The number of aliphatic hydroxyl groups excluding tert-OH is 2. The molecule has 7 heteroatoms. The number of aliphatic hydroxyl groups is 2. The first kappa shape index (κ1) is 12.3. The second kappa shape index (κ2) is 4.59. The van der Waals surface area contributed by atoms with Crippen LogP contribution in [0.3, 0.4) is 0 Å². The number of carbonyl (C=O) groups excluding carboxylic acids is 1. The van der Waals surface area contributed by atoms with Gasteiger partial charge in [0.25, 0.3) is 0 Å². The van der Waals surface area contributed by atoms with Crippen LogP contribution in [0, 0.1) is 0 Å². The zero-order valence-corrected chi connectivity index (χ0v) is 9.34. The minimum Gasteiger partial charge on any atom is -0.394 e. The van der Waals surface area contributed by atoms with Crippen molar-refractivity contribution < 1.29 is 24.1 Å². The molecule has 0 aromatic carbocycles. The first-order chi connectivity index (χ1) is 8.04. The van der Waals surface area contributed by atoms with Gasteiger partial charge in [0.1, 0.15) is 12.2 Å². The molecule has 2 rings (SSSR count). The van der Waals surface area contributed by atoms with E-state index in [0.29, 0.717) is 6.54 Å². The Bertz CT molecular complexity index is 349. The third-order valence-electron chi connectivity index (χ3n) is 2.86. The van der Waals surface area contributed by atoms with Gasteiger partial charge in [-0.1, -0.05) is 0 Å². The maximum absolute atomic E-state index is 13.8. The zero-order chi connectivity index (χ0) is 12.6. The van der Waals surface area contributed by atoms with E-state index in [-0.39, 0.29) is 0 Å². The highest BCUT2D eigenvalue weighted by molar-refractivity contribution is 5.77. The van der Waals surface area contributed by atoms with Crippen molar-refractivity contribution in [3.05, 3.63) is 11.8 Å². The van der Waals surface area contributed by atoms with E-state index in [4.69, 9.17) is 9.84 Å². The molecule has 0 spiro atoms. The number of ether oxygens (including phenoxy) is 1. The highest BCUT2D eigenvalue weighted by atomic mass is 19.1. The highest BCUT2D eigenvalue weighted by Gasteiger charge is 2.48. The van der Waals surface area contributed by atoms with Crippen LogP contribution in [-0.4, -0.2) is 58.9 Å². The first-order valence-electron chi connectivity index (χ1n) is 5.36. The zero-order valence-electron chi connectivity index (χ0n) is 9.34. The summed E-state index contributed by atoms with van der Waals surface area (Å²) in [5, 5.41) is 20.9. The van der Waals surface area contributed by atoms with Crippen LogP contribution in [0.4, 0.5) is 9.18 Å². The van der Waals surface area contributed by atoms with Gasteiger partial charge in [0.15, 0.2) is 12.4 Å². The van der Waals surface area contributed by atoms with E-state index >= 15 is 0 Å². The van der Waals surface area contributed by atoms with Crippen LogP contribution in [0.5, 0.6) is 0 Å². The number of nitrogens with one attached hydrogen (secondary N) is 1. The molecule has 96 valence electrons. The normalized spacial score (nSPS) is 38.0. The number of nitrogens with zero attached hydrogens (tertiary/aromatic N) is 1. The van der Waals surface area contributed by atoms with Gasteiger partial charge in [-0.15, -0.1) is 0 Å². The standard InChI is InChI=1S/C10H15FN2O4/c1-5-2-12-10(16)13(3-5)9-7(11)8(15)6(4-14)17-9/h3,6-9,14-15H,2,4H2,1H3,(H,12,16)/t6-,7?,8-,9-/m0/s1. The van der Waals surface area contributed by atoms with Gasteiger partial charge in [0.2, 0.25) is 0 Å². The summed E-state index contributed by atoms with van der Waals surface area (Å²) in [7, 11) is 0. The minimum atomic E-state index is -1.74. The van der Waals surface area contributed by atoms with E-state index < -0.39 is 37.2 Å². The summed E-state index contributed by atoms with van der Waals surface area (Å²) in [6.07, 6.45) is -3.87. The van der Waals surface area contributed by atoms with Crippen LogP contribution in [0.25, 0.3) is 0 Å². The summed E-state index contributed by atoms with van der Waals surface area (Å²) in [6.45, 7) is 1.70. The summed E-state index contributed by atoms with van der Waals surface area (Å²) < 4.78 is 18.9. The number of urea groups is 1. The fourth-order valence-corrected chi connectivity index (χ4v) is 1.92. The third-order valence-corrected chi connectivity index (χ3v) is 2.86. The smallest absolute Gasteiger partial charge is 0.323 e. The fraction of sp³-hybridized carbons (Fsp3) is 0.700. The average molecular weight is 246 g/mol. The largest absolute Gasteiger partial charge is 0.394 e. The number of alkyl halides is 1. The molecule has 2 heterocycles. The van der Waals surface area contributed by atoms with Crippen LogP contribution in [-0.2, 0) is 4.74 Å². The number of amides is 2. The number of rotatable bonds is 2. The van der Waals surface area contributed by atoms with Crippen LogP contribution >= 0.6 is 0 Å². The molecule has 0 aromatic heterocycles. The highest BCUT2D eigenvalue weighted by Crippen LogP contribution is 2.27. The summed E-state index contributed by atoms with van der Waals surface area (Å²) in [6, 6.07) is -0.478. The second-order valence-corrected chi connectivity index (χ2v) is 4.22. The molecule has 1 saturated heterocycles. The van der Waals surface area contributed by atoms with E-state index in [2.05, 4.69) is 5.32 Å². The Kier molecular flexibility index (Phi) is 3.32. The van der Waals surface area contributed by atoms with Gasteiger partial charge in [-0.3, -0.25) is 4.90 Å². The predicted molar refractivity (Wildman–Crippen MR) is 55.6 cm³/mol. The molecular weight excluding hydrogens is 231 g/mol. The molecule has 17 heavy (non-hydrogen) atoms. The minimum absolute atomic E-state index is 0.408. The average Bonchev–Trinajstić information content (AvgIpc) is 2.59. The fourth-order valence-electron chi connectivity index (χ4n) is 1.92. The maximum Gasteiger partial charge on any atom is 0.323 e. The summed E-state index contributed by atoms with van der Waals surface area (Å²) in [5.74, 6) is 0. The molecule has 0 aromatic rings. The van der Waals surface area contributed by atoms with E-state index in [9.17, 15) is 14.3 Å². The first-order valence-corrected chi connectivity index (χ1v) is 5.36. The van der Waals surface area contributed by atoms with E-state index in [0.717, 1.165) is 10.5 Å². The van der Waals surface area contributed by atoms with Gasteiger partial charge in [-0.05, 0) is 12.5 Å². The molecule has 6 nitrogen and oxygen atoms in total. The Morgan fingerprint density at radius 3 is 3.00 bits per heavy atom. The van der Waals surface area contributed by atoms with Crippen LogP contribution in [0.2, 0.25) is 0 Å². The topological polar surface area (TPSA) is 82.0 Å². The quantitative estimate of drug-likeness (QED) is 0.603.